The van der Waals surface area contributed by atoms with Crippen molar-refractivity contribution in [3.63, 3.8) is 0 Å². The molecule has 0 saturated heterocycles. The molecule has 0 radical (unpaired) electrons. The van der Waals surface area contributed by atoms with Gasteiger partial charge in [0.25, 0.3) is 5.91 Å². The maximum absolute atomic E-state index is 12.7. The smallest absolute Gasteiger partial charge is 0.259 e. The highest BCUT2D eigenvalue weighted by molar-refractivity contribution is 9.10. The third-order valence-electron chi connectivity index (χ3n) is 4.28. The molecule has 4 nitrogen and oxygen atoms in total. The van der Waals surface area contributed by atoms with Crippen LogP contribution >= 0.6 is 15.9 Å². The predicted molar refractivity (Wildman–Crippen MR) is 119 cm³/mol. The zero-order valence-electron chi connectivity index (χ0n) is 16.8. The maximum atomic E-state index is 12.7. The molecule has 2 aromatic carbocycles. The molecule has 2 rings (SSSR count). The Hall–Kier alpha value is -2.01. The number of rotatable bonds is 12. The van der Waals surface area contributed by atoms with E-state index in [1.165, 1.54) is 25.7 Å². The van der Waals surface area contributed by atoms with E-state index in [9.17, 15) is 4.79 Å². The summed E-state index contributed by atoms with van der Waals surface area (Å²) in [5.41, 5.74) is 1.23. The van der Waals surface area contributed by atoms with Crippen LogP contribution in [0.1, 0.15) is 62.7 Å². The van der Waals surface area contributed by atoms with Crippen molar-refractivity contribution in [2.75, 3.05) is 18.5 Å². The van der Waals surface area contributed by atoms with Crippen LogP contribution in [0.3, 0.4) is 0 Å². The molecule has 0 heterocycles. The van der Waals surface area contributed by atoms with Crippen LogP contribution in [0.5, 0.6) is 11.5 Å². The van der Waals surface area contributed by atoms with Gasteiger partial charge in [0.05, 0.1) is 18.8 Å². The molecule has 0 bridgehead atoms. The fourth-order valence-electron chi connectivity index (χ4n) is 2.75. The van der Waals surface area contributed by atoms with Crippen LogP contribution < -0.4 is 14.8 Å². The largest absolute Gasteiger partial charge is 0.494 e. The van der Waals surface area contributed by atoms with E-state index in [-0.39, 0.29) is 5.91 Å². The molecule has 0 aliphatic rings. The van der Waals surface area contributed by atoms with E-state index < -0.39 is 0 Å². The summed E-state index contributed by atoms with van der Waals surface area (Å²) in [6.45, 7) is 5.55. The van der Waals surface area contributed by atoms with Crippen LogP contribution in [0.15, 0.2) is 46.9 Å². The summed E-state index contributed by atoms with van der Waals surface area (Å²) in [4.78, 5) is 12.7. The van der Waals surface area contributed by atoms with Gasteiger partial charge in [-0.2, -0.15) is 0 Å². The first-order valence-corrected chi connectivity index (χ1v) is 10.9. The number of ether oxygens (including phenoxy) is 2. The maximum Gasteiger partial charge on any atom is 0.259 e. The lowest BCUT2D eigenvalue weighted by atomic mass is 10.1. The molecule has 0 aliphatic carbocycles. The molecule has 0 atom stereocenters. The second kappa shape index (κ2) is 12.4. The topological polar surface area (TPSA) is 47.6 Å². The van der Waals surface area contributed by atoms with Crippen molar-refractivity contribution in [2.45, 2.75) is 52.4 Å². The van der Waals surface area contributed by atoms with E-state index in [2.05, 4.69) is 28.2 Å². The Kier molecular flexibility index (Phi) is 9.91. The average Bonchev–Trinajstić information content (AvgIpc) is 2.70. The molecule has 0 aromatic heterocycles. The van der Waals surface area contributed by atoms with Gasteiger partial charge in [0.1, 0.15) is 11.5 Å². The summed E-state index contributed by atoms with van der Waals surface area (Å²) < 4.78 is 12.3. The van der Waals surface area contributed by atoms with Gasteiger partial charge < -0.3 is 14.8 Å². The van der Waals surface area contributed by atoms with Gasteiger partial charge >= 0.3 is 0 Å². The lowest BCUT2D eigenvalue weighted by molar-refractivity contribution is 0.102. The number of halogens is 1. The van der Waals surface area contributed by atoms with E-state index in [0.717, 1.165) is 35.4 Å². The molecule has 1 N–H and O–H groups in total. The molecule has 0 spiro atoms. The van der Waals surface area contributed by atoms with Crippen LogP contribution in [-0.2, 0) is 0 Å². The number of unbranched alkanes of at least 4 members (excludes halogenated alkanes) is 4. The van der Waals surface area contributed by atoms with E-state index in [1.807, 2.05) is 43.3 Å². The molecule has 5 heteroatoms. The van der Waals surface area contributed by atoms with Crippen molar-refractivity contribution < 1.29 is 14.3 Å². The molecule has 28 heavy (non-hydrogen) atoms. The number of benzene rings is 2. The average molecular weight is 448 g/mol. The van der Waals surface area contributed by atoms with Crippen molar-refractivity contribution in [1.82, 2.24) is 0 Å². The Bertz CT molecular complexity index is 731. The quantitative estimate of drug-likeness (QED) is 0.362. The van der Waals surface area contributed by atoms with Gasteiger partial charge in [0.15, 0.2) is 0 Å². The molecule has 0 unspecified atom stereocenters. The Labute approximate surface area is 176 Å². The number of hydrogen-bond donors (Lipinski definition) is 1. The van der Waals surface area contributed by atoms with E-state index in [1.54, 1.807) is 6.07 Å². The molecule has 2 aromatic rings. The highest BCUT2D eigenvalue weighted by atomic mass is 79.9. The Morgan fingerprint density at radius 3 is 2.36 bits per heavy atom. The third kappa shape index (κ3) is 7.55. The highest BCUT2D eigenvalue weighted by Gasteiger charge is 2.14. The van der Waals surface area contributed by atoms with Gasteiger partial charge in [-0.25, -0.2) is 0 Å². The summed E-state index contributed by atoms with van der Waals surface area (Å²) >= 11 is 3.42. The number of carbonyl (C=O) groups excluding carboxylic acids is 1. The monoisotopic (exact) mass is 447 g/mol. The normalized spacial score (nSPS) is 10.5. The predicted octanol–water partition coefficient (Wildman–Crippen LogP) is 6.84. The van der Waals surface area contributed by atoms with Gasteiger partial charge in [-0.15, -0.1) is 0 Å². The first-order valence-electron chi connectivity index (χ1n) is 10.1. The van der Waals surface area contributed by atoms with Crippen LogP contribution in [0.25, 0.3) is 0 Å². The molecule has 1 amide bonds. The van der Waals surface area contributed by atoms with Crippen LogP contribution in [0, 0.1) is 0 Å². The van der Waals surface area contributed by atoms with Crippen LogP contribution in [0.2, 0.25) is 0 Å². The van der Waals surface area contributed by atoms with Crippen LogP contribution in [-0.4, -0.2) is 19.1 Å². The molecule has 0 saturated carbocycles. The van der Waals surface area contributed by atoms with Crippen molar-refractivity contribution in [3.8, 4) is 11.5 Å². The Morgan fingerprint density at radius 2 is 1.64 bits per heavy atom. The Morgan fingerprint density at radius 1 is 0.893 bits per heavy atom. The lowest BCUT2D eigenvalue weighted by Crippen LogP contribution is -2.14. The van der Waals surface area contributed by atoms with Crippen molar-refractivity contribution in [1.29, 1.82) is 0 Å². The standard InChI is InChI=1S/C23H30BrNO3/c1-3-5-6-7-8-16-27-20-12-10-19(11-13-20)25-23(26)21-17-18(24)9-14-22(21)28-15-4-2/h9-14,17H,3-8,15-16H2,1-2H3,(H,25,26). The highest BCUT2D eigenvalue weighted by Crippen LogP contribution is 2.25. The van der Waals surface area contributed by atoms with Gasteiger partial charge in [0.2, 0.25) is 0 Å². The second-order valence-corrected chi connectivity index (χ2v) is 7.65. The first kappa shape index (κ1) is 22.3. The summed E-state index contributed by atoms with van der Waals surface area (Å²) in [6, 6.07) is 12.9. The summed E-state index contributed by atoms with van der Waals surface area (Å²) in [5, 5.41) is 2.92. The summed E-state index contributed by atoms with van der Waals surface area (Å²) in [7, 11) is 0. The fourth-order valence-corrected chi connectivity index (χ4v) is 3.11. The summed E-state index contributed by atoms with van der Waals surface area (Å²) in [6.07, 6.45) is 6.97. The minimum Gasteiger partial charge on any atom is -0.494 e. The number of nitrogens with one attached hydrogen (secondary N) is 1. The lowest BCUT2D eigenvalue weighted by Gasteiger charge is -2.12. The van der Waals surface area contributed by atoms with Gasteiger partial charge in [0, 0.05) is 10.2 Å². The second-order valence-electron chi connectivity index (χ2n) is 6.73. The number of hydrogen-bond acceptors (Lipinski definition) is 3. The minimum absolute atomic E-state index is 0.197. The summed E-state index contributed by atoms with van der Waals surface area (Å²) in [5.74, 6) is 1.21. The third-order valence-corrected chi connectivity index (χ3v) is 4.77. The zero-order chi connectivity index (χ0) is 20.2. The molecule has 0 fully saturated rings. The zero-order valence-corrected chi connectivity index (χ0v) is 18.4. The molecule has 0 aliphatic heterocycles. The van der Waals surface area contributed by atoms with E-state index >= 15 is 0 Å². The molecular formula is C23H30BrNO3. The van der Waals surface area contributed by atoms with Gasteiger partial charge in [-0.05, 0) is 55.3 Å². The minimum atomic E-state index is -0.197. The van der Waals surface area contributed by atoms with Crippen molar-refractivity contribution in [2.24, 2.45) is 0 Å². The number of amides is 1. The van der Waals surface area contributed by atoms with E-state index in [0.29, 0.717) is 17.9 Å². The van der Waals surface area contributed by atoms with Crippen molar-refractivity contribution >= 4 is 27.5 Å². The van der Waals surface area contributed by atoms with Crippen LogP contribution in [0.4, 0.5) is 5.69 Å². The number of anilines is 1. The van der Waals surface area contributed by atoms with Crippen molar-refractivity contribution in [3.05, 3.63) is 52.5 Å². The van der Waals surface area contributed by atoms with E-state index in [4.69, 9.17) is 9.47 Å². The fraction of sp³-hybridized carbons (Fsp3) is 0.435. The SMILES string of the molecule is CCCCCCCOc1ccc(NC(=O)c2cc(Br)ccc2OCCC)cc1. The first-order chi connectivity index (χ1) is 13.6. The Balaban J connectivity index is 1.89. The number of carbonyl (C=O) groups is 1. The van der Waals surface area contributed by atoms with Gasteiger partial charge in [-0.1, -0.05) is 55.5 Å². The van der Waals surface area contributed by atoms with Gasteiger partial charge in [-0.3, -0.25) is 4.79 Å². The molecule has 152 valence electrons. The molecular weight excluding hydrogens is 418 g/mol.